The van der Waals surface area contributed by atoms with Crippen molar-refractivity contribution in [2.45, 2.75) is 81.9 Å². The van der Waals surface area contributed by atoms with Gasteiger partial charge >= 0.3 is 13.5 Å². The van der Waals surface area contributed by atoms with Gasteiger partial charge in [0.05, 0.1) is 25.6 Å². The van der Waals surface area contributed by atoms with Gasteiger partial charge in [0, 0.05) is 32.2 Å². The molecule has 8 aromatic rings. The van der Waals surface area contributed by atoms with Crippen LogP contribution in [0.15, 0.2) is 96.4 Å². The summed E-state index contributed by atoms with van der Waals surface area (Å²) in [5.41, 5.74) is 13.1. The Morgan fingerprint density at radius 3 is 2.34 bits per heavy atom. The molecule has 65 heavy (non-hydrogen) atoms. The van der Waals surface area contributed by atoms with Crippen LogP contribution in [0, 0.1) is 0 Å². The molecular formula is C46H50N9O9P. The van der Waals surface area contributed by atoms with Gasteiger partial charge in [0.1, 0.15) is 48.4 Å². The zero-order valence-electron chi connectivity index (χ0n) is 35.4. The fourth-order valence-corrected chi connectivity index (χ4v) is 10.3. The molecule has 2 aliphatic rings. The van der Waals surface area contributed by atoms with Crippen molar-refractivity contribution in [3.8, 4) is 0 Å². The number of nitrogens with one attached hydrogen (secondary N) is 1. The van der Waals surface area contributed by atoms with Crippen LogP contribution in [0.5, 0.6) is 0 Å². The Hall–Kier alpha value is -5.66. The zero-order chi connectivity index (χ0) is 44.7. The van der Waals surface area contributed by atoms with E-state index in [9.17, 15) is 19.4 Å². The van der Waals surface area contributed by atoms with E-state index in [-0.39, 0.29) is 31.1 Å². The summed E-state index contributed by atoms with van der Waals surface area (Å²) in [5.74, 6) is 0.252. The molecule has 0 amide bonds. The molecule has 5 aromatic carbocycles. The number of hydrogen-bond acceptors (Lipinski definition) is 15. The van der Waals surface area contributed by atoms with Crippen LogP contribution in [0.1, 0.15) is 56.5 Å². The van der Waals surface area contributed by atoms with Crippen LogP contribution in [-0.2, 0) is 34.4 Å². The van der Waals surface area contributed by atoms with Crippen molar-refractivity contribution in [3.05, 3.63) is 108 Å². The highest BCUT2D eigenvalue weighted by Gasteiger charge is 2.43. The Morgan fingerprint density at radius 2 is 1.52 bits per heavy atom. The number of aromatic nitrogens is 6. The summed E-state index contributed by atoms with van der Waals surface area (Å²) in [4.78, 5) is 39.8. The van der Waals surface area contributed by atoms with Crippen molar-refractivity contribution < 1.29 is 37.8 Å². The fourth-order valence-electron chi connectivity index (χ4n) is 9.35. The Kier molecular flexibility index (Phi) is 12.2. The molecule has 18 nitrogen and oxygen atoms in total. The minimum Gasteiger partial charge on any atom is -0.390 e. The van der Waals surface area contributed by atoms with Gasteiger partial charge in [-0.3, -0.25) is 18.2 Å². The molecule has 5 heterocycles. The number of aliphatic hydroxyl groups excluding tert-OH is 1. The highest BCUT2D eigenvalue weighted by Crippen LogP contribution is 2.49. The second-order valence-electron chi connectivity index (χ2n) is 16.7. The number of unbranched alkanes of at least 4 members (excludes halogenated alkanes) is 3. The van der Waals surface area contributed by atoms with Gasteiger partial charge in [-0.25, -0.2) is 24.3 Å². The molecule has 338 valence electrons. The van der Waals surface area contributed by atoms with Crippen molar-refractivity contribution in [2.75, 3.05) is 37.8 Å². The van der Waals surface area contributed by atoms with Gasteiger partial charge in [0.2, 0.25) is 0 Å². The normalized spacial score (nSPS) is 22.3. The maximum absolute atomic E-state index is 13.4. The minimum atomic E-state index is -4.75. The molecular weight excluding hydrogens is 854 g/mol. The first-order valence-corrected chi connectivity index (χ1v) is 23.4. The van der Waals surface area contributed by atoms with Crippen molar-refractivity contribution in [2.24, 2.45) is 0 Å². The third-order valence-electron chi connectivity index (χ3n) is 12.5. The molecule has 1 unspecified atom stereocenters. The number of ether oxygens (including phenoxy) is 3. The lowest BCUT2D eigenvalue weighted by Crippen LogP contribution is -2.30. The molecule has 7 N–H and O–H groups in total. The molecule has 2 fully saturated rings. The summed E-state index contributed by atoms with van der Waals surface area (Å²) in [6, 6.07) is 25.8. The van der Waals surface area contributed by atoms with Crippen LogP contribution in [0.2, 0.25) is 0 Å². The minimum absolute atomic E-state index is 0.0232. The van der Waals surface area contributed by atoms with Gasteiger partial charge in [-0.15, -0.1) is 0 Å². The molecule has 0 radical (unpaired) electrons. The van der Waals surface area contributed by atoms with Gasteiger partial charge in [-0.2, -0.15) is 4.98 Å². The van der Waals surface area contributed by atoms with E-state index in [2.05, 4.69) is 92.0 Å². The van der Waals surface area contributed by atoms with E-state index in [0.29, 0.717) is 17.8 Å². The lowest BCUT2D eigenvalue weighted by Gasteiger charge is -2.22. The molecule has 0 spiro atoms. The number of nitrogen functional groups attached to an aromatic ring is 2. The lowest BCUT2D eigenvalue weighted by atomic mass is 9.88. The van der Waals surface area contributed by atoms with Gasteiger partial charge in [0.15, 0.2) is 11.5 Å². The molecule has 0 bridgehead atoms. The second kappa shape index (κ2) is 18.3. The molecule has 2 saturated heterocycles. The van der Waals surface area contributed by atoms with E-state index >= 15 is 0 Å². The zero-order valence-corrected chi connectivity index (χ0v) is 36.3. The third-order valence-corrected chi connectivity index (χ3v) is 13.5. The number of nitrogens with two attached hydrogens (primary N) is 2. The van der Waals surface area contributed by atoms with Crippen LogP contribution >= 0.6 is 7.82 Å². The predicted molar refractivity (Wildman–Crippen MR) is 245 cm³/mol. The number of benzene rings is 5. The average molecular weight is 904 g/mol. The number of fused-ring (bicyclic) bond motifs is 3. The summed E-state index contributed by atoms with van der Waals surface area (Å²) in [6.07, 6.45) is 2.77. The molecule has 0 saturated carbocycles. The maximum Gasteiger partial charge on any atom is 0.472 e. The van der Waals surface area contributed by atoms with Gasteiger partial charge in [-0.05, 0) is 74.1 Å². The standard InChI is InChI=1S/C46H50N9O9P/c47-38-16-18-54(46(57)53-38)40-21-35(64-65(58,59)61-24-36-34(56)20-39(62-36)55-26-52-43-44(48)50-25-51-45(43)55)37(63-40)23-60-19-4-2-1-3-17-49-22-28-14-15-33-31-12-6-9-27-8-5-11-30(41(27)31)32-13-7-10-29(28)42(32)33/h5-16,18,25-26,34-37,39-40,49,56H,1-4,17,19-24H2,(H,58,59)(H2,47,53,57)(H2,48,50,51)/t34-,35-,36+,37+,39+,40+/m0/s1. The largest absolute Gasteiger partial charge is 0.472 e. The number of imidazole rings is 1. The Bertz CT molecular complexity index is 3040. The SMILES string of the molecule is Nc1ccn([C@H]2C[C@H](OP(=O)(O)OC[C@H]3O[C@@H](n4cnc5c(N)ncnc54)C[C@@H]3O)[C@@H](COCCCCCCNCc3ccc4c5cccc6cccc(c7cccc3c74)c65)O2)c(=O)n1. The van der Waals surface area contributed by atoms with E-state index in [1.165, 1.54) is 78.1 Å². The number of phosphoric ester groups is 1. The van der Waals surface area contributed by atoms with Gasteiger partial charge in [-0.1, -0.05) is 79.6 Å². The van der Waals surface area contributed by atoms with Crippen molar-refractivity contribution in [1.29, 1.82) is 0 Å². The maximum atomic E-state index is 13.4. The van der Waals surface area contributed by atoms with E-state index in [1.807, 2.05) is 0 Å². The highest BCUT2D eigenvalue weighted by atomic mass is 31.2. The highest BCUT2D eigenvalue weighted by molar-refractivity contribution is 7.47. The van der Waals surface area contributed by atoms with Crippen LogP contribution in [0.3, 0.4) is 0 Å². The predicted octanol–water partition coefficient (Wildman–Crippen LogP) is 6.10. The summed E-state index contributed by atoms with van der Waals surface area (Å²) < 4.78 is 45.4. The first-order chi connectivity index (χ1) is 31.6. The summed E-state index contributed by atoms with van der Waals surface area (Å²) in [7, 11) is -4.75. The van der Waals surface area contributed by atoms with Crippen LogP contribution in [0.4, 0.5) is 11.6 Å². The second-order valence-corrected chi connectivity index (χ2v) is 18.1. The smallest absolute Gasteiger partial charge is 0.390 e. The first kappa shape index (κ1) is 43.2. The monoisotopic (exact) mass is 903 g/mol. The summed E-state index contributed by atoms with van der Waals surface area (Å²) in [6.45, 7) is 1.67. The van der Waals surface area contributed by atoms with E-state index in [1.54, 1.807) is 4.57 Å². The number of anilines is 2. The number of hydrogen-bond donors (Lipinski definition) is 5. The number of aliphatic hydroxyl groups is 1. The van der Waals surface area contributed by atoms with Crippen LogP contribution in [-0.4, -0.2) is 89.9 Å². The summed E-state index contributed by atoms with van der Waals surface area (Å²) in [5, 5.41) is 24.8. The molecule has 19 heteroatoms. The first-order valence-electron chi connectivity index (χ1n) is 21.9. The number of nitrogens with zero attached hydrogens (tertiary/aromatic N) is 6. The topological polar surface area (TPSA) is 246 Å². The van der Waals surface area contributed by atoms with Crippen molar-refractivity contribution in [1.82, 2.24) is 34.4 Å². The van der Waals surface area contributed by atoms with E-state index < -0.39 is 57.0 Å². The molecule has 3 aromatic heterocycles. The Labute approximate surface area is 372 Å². The molecule has 10 rings (SSSR count). The number of phosphoric acid groups is 1. The summed E-state index contributed by atoms with van der Waals surface area (Å²) >= 11 is 0. The molecule has 2 aliphatic heterocycles. The third kappa shape index (κ3) is 8.77. The van der Waals surface area contributed by atoms with Crippen molar-refractivity contribution >= 4 is 73.7 Å². The Balaban J connectivity index is 0.696. The van der Waals surface area contributed by atoms with Crippen molar-refractivity contribution in [3.63, 3.8) is 0 Å². The number of rotatable bonds is 18. The fraction of sp³-hybridized carbons (Fsp3) is 0.370. The quantitative estimate of drug-likeness (QED) is 0.0282. The average Bonchev–Trinajstić information content (AvgIpc) is 4.02. The van der Waals surface area contributed by atoms with Crippen LogP contribution < -0.4 is 22.5 Å². The van der Waals surface area contributed by atoms with E-state index in [4.69, 9.17) is 34.7 Å². The lowest BCUT2D eigenvalue weighted by molar-refractivity contribution is -0.0680. The van der Waals surface area contributed by atoms with E-state index in [0.717, 1.165) is 38.8 Å². The van der Waals surface area contributed by atoms with Gasteiger partial charge in [0.25, 0.3) is 0 Å². The molecule has 7 atom stereocenters. The van der Waals surface area contributed by atoms with Gasteiger partial charge < -0.3 is 41.0 Å². The molecule has 0 aliphatic carbocycles. The van der Waals surface area contributed by atoms with Crippen LogP contribution in [0.25, 0.3) is 54.3 Å². The Morgan fingerprint density at radius 1 is 0.800 bits per heavy atom.